The zero-order valence-corrected chi connectivity index (χ0v) is 11.5. The third-order valence-electron chi connectivity index (χ3n) is 3.46. The predicted octanol–water partition coefficient (Wildman–Crippen LogP) is 2.88. The van der Waals surface area contributed by atoms with Crippen LogP contribution in [0.25, 0.3) is 10.8 Å². The van der Waals surface area contributed by atoms with Crippen LogP contribution >= 0.6 is 0 Å². The Kier molecular flexibility index (Phi) is 3.06. The molecule has 0 fully saturated rings. The Morgan fingerprint density at radius 1 is 1.24 bits per heavy atom. The summed E-state index contributed by atoms with van der Waals surface area (Å²) in [6, 6.07) is 14.1. The van der Waals surface area contributed by atoms with Gasteiger partial charge in [0.15, 0.2) is 0 Å². The Morgan fingerprint density at radius 3 is 2.62 bits per heavy atom. The predicted molar refractivity (Wildman–Crippen MR) is 81.1 cm³/mol. The van der Waals surface area contributed by atoms with Crippen molar-refractivity contribution in [2.45, 2.75) is 13.5 Å². The molecule has 21 heavy (non-hydrogen) atoms. The van der Waals surface area contributed by atoms with Crippen molar-refractivity contribution in [1.82, 2.24) is 9.78 Å². The molecule has 6 heteroatoms. The molecule has 6 nitrogen and oxygen atoms in total. The second kappa shape index (κ2) is 4.90. The molecule has 106 valence electrons. The molecule has 0 saturated carbocycles. The minimum Gasteiger partial charge on any atom is -0.378 e. The van der Waals surface area contributed by atoms with Crippen molar-refractivity contribution in [2.24, 2.45) is 0 Å². The van der Waals surface area contributed by atoms with Crippen molar-refractivity contribution >= 4 is 22.3 Å². The van der Waals surface area contributed by atoms with Gasteiger partial charge in [-0.25, -0.2) is 4.68 Å². The molecule has 3 aromatic rings. The number of nitrogen functional groups attached to an aromatic ring is 1. The number of hydrogen-bond acceptors (Lipinski definition) is 4. The summed E-state index contributed by atoms with van der Waals surface area (Å²) in [5, 5.41) is 17.4. The molecule has 0 spiro atoms. The second-order valence-corrected chi connectivity index (χ2v) is 4.92. The number of benzene rings is 2. The van der Waals surface area contributed by atoms with E-state index in [-0.39, 0.29) is 11.5 Å². The molecule has 2 aromatic carbocycles. The van der Waals surface area contributed by atoms with E-state index in [9.17, 15) is 10.1 Å². The number of aryl methyl sites for hydroxylation is 1. The van der Waals surface area contributed by atoms with Crippen LogP contribution in [0.2, 0.25) is 0 Å². The first-order valence-electron chi connectivity index (χ1n) is 6.51. The maximum atomic E-state index is 11.0. The molecule has 0 aliphatic rings. The topological polar surface area (TPSA) is 87.0 Å². The van der Waals surface area contributed by atoms with Crippen molar-refractivity contribution in [3.8, 4) is 0 Å². The number of nitrogens with zero attached hydrogens (tertiary/aromatic N) is 3. The van der Waals surface area contributed by atoms with Gasteiger partial charge in [-0.05, 0) is 29.3 Å². The number of hydrogen-bond donors (Lipinski definition) is 1. The van der Waals surface area contributed by atoms with Crippen molar-refractivity contribution < 1.29 is 4.92 Å². The van der Waals surface area contributed by atoms with Crippen LogP contribution in [-0.2, 0) is 6.54 Å². The fourth-order valence-electron chi connectivity index (χ4n) is 2.45. The van der Waals surface area contributed by atoms with Gasteiger partial charge in [0, 0.05) is 0 Å². The third-order valence-corrected chi connectivity index (χ3v) is 3.46. The molecule has 0 atom stereocenters. The van der Waals surface area contributed by atoms with Gasteiger partial charge in [0.2, 0.25) is 5.82 Å². The summed E-state index contributed by atoms with van der Waals surface area (Å²) in [5.41, 5.74) is 7.04. The highest BCUT2D eigenvalue weighted by Gasteiger charge is 2.22. The quantitative estimate of drug-likeness (QED) is 0.591. The Morgan fingerprint density at radius 2 is 1.95 bits per heavy atom. The SMILES string of the molecule is Cc1nn(Cc2ccc3ccccc3c2)c(N)c1[N+](=O)[O-]. The van der Waals surface area contributed by atoms with Crippen molar-refractivity contribution in [3.05, 3.63) is 63.8 Å². The van der Waals surface area contributed by atoms with Crippen LogP contribution in [0.15, 0.2) is 42.5 Å². The van der Waals surface area contributed by atoms with Gasteiger partial charge in [-0.1, -0.05) is 36.4 Å². The highest BCUT2D eigenvalue weighted by atomic mass is 16.6. The van der Waals surface area contributed by atoms with Crippen LogP contribution < -0.4 is 5.73 Å². The summed E-state index contributed by atoms with van der Waals surface area (Å²) < 4.78 is 1.47. The number of nitrogens with two attached hydrogens (primary N) is 1. The van der Waals surface area contributed by atoms with Crippen LogP contribution in [0, 0.1) is 17.0 Å². The molecule has 0 amide bonds. The van der Waals surface area contributed by atoms with Crippen LogP contribution in [0.3, 0.4) is 0 Å². The van der Waals surface area contributed by atoms with E-state index in [0.29, 0.717) is 12.2 Å². The van der Waals surface area contributed by atoms with E-state index in [4.69, 9.17) is 5.73 Å². The van der Waals surface area contributed by atoms with E-state index in [1.807, 2.05) is 42.5 Å². The Bertz CT molecular complexity index is 839. The van der Waals surface area contributed by atoms with E-state index < -0.39 is 4.92 Å². The summed E-state index contributed by atoms with van der Waals surface area (Å²) >= 11 is 0. The molecule has 0 aliphatic heterocycles. The minimum atomic E-state index is -0.492. The number of aromatic nitrogens is 2. The van der Waals surface area contributed by atoms with Gasteiger partial charge in [-0.2, -0.15) is 5.10 Å². The minimum absolute atomic E-state index is 0.0886. The molecule has 1 aromatic heterocycles. The van der Waals surface area contributed by atoms with Gasteiger partial charge >= 0.3 is 5.69 Å². The number of rotatable bonds is 3. The lowest BCUT2D eigenvalue weighted by molar-refractivity contribution is -0.384. The average molecular weight is 282 g/mol. The standard InChI is InChI=1S/C15H14N4O2/c1-10-14(19(20)21)15(16)18(17-10)9-11-6-7-12-4-2-3-5-13(12)8-11/h2-8H,9,16H2,1H3. The lowest BCUT2D eigenvalue weighted by atomic mass is 10.1. The number of anilines is 1. The maximum absolute atomic E-state index is 11.0. The Hall–Kier alpha value is -2.89. The molecule has 3 rings (SSSR count). The van der Waals surface area contributed by atoms with Gasteiger partial charge in [-0.15, -0.1) is 0 Å². The first-order chi connectivity index (χ1) is 10.1. The number of nitro groups is 1. The Labute approximate surface area is 121 Å². The third kappa shape index (κ3) is 2.31. The fraction of sp³-hybridized carbons (Fsp3) is 0.133. The van der Waals surface area contributed by atoms with Crippen LogP contribution in [-0.4, -0.2) is 14.7 Å². The molecular weight excluding hydrogens is 268 g/mol. The van der Waals surface area contributed by atoms with Crippen LogP contribution in [0.5, 0.6) is 0 Å². The monoisotopic (exact) mass is 282 g/mol. The first kappa shape index (κ1) is 13.1. The largest absolute Gasteiger partial charge is 0.378 e. The molecule has 0 radical (unpaired) electrons. The molecule has 1 heterocycles. The Balaban J connectivity index is 1.99. The van der Waals surface area contributed by atoms with Crippen LogP contribution in [0.4, 0.5) is 11.5 Å². The van der Waals surface area contributed by atoms with Gasteiger partial charge < -0.3 is 5.73 Å². The highest BCUT2D eigenvalue weighted by molar-refractivity contribution is 5.83. The fourth-order valence-corrected chi connectivity index (χ4v) is 2.45. The van der Waals surface area contributed by atoms with Crippen molar-refractivity contribution in [3.63, 3.8) is 0 Å². The van der Waals surface area contributed by atoms with E-state index in [1.54, 1.807) is 6.92 Å². The lowest BCUT2D eigenvalue weighted by Crippen LogP contribution is -2.06. The molecular formula is C15H14N4O2. The van der Waals surface area contributed by atoms with E-state index in [0.717, 1.165) is 16.3 Å². The molecule has 2 N–H and O–H groups in total. The van der Waals surface area contributed by atoms with Gasteiger partial charge in [0.25, 0.3) is 0 Å². The van der Waals surface area contributed by atoms with Crippen LogP contribution in [0.1, 0.15) is 11.3 Å². The smallest absolute Gasteiger partial charge is 0.333 e. The van der Waals surface area contributed by atoms with E-state index in [1.165, 1.54) is 4.68 Å². The zero-order chi connectivity index (χ0) is 15.0. The first-order valence-corrected chi connectivity index (χ1v) is 6.51. The summed E-state index contributed by atoms with van der Waals surface area (Å²) in [6.07, 6.45) is 0. The zero-order valence-electron chi connectivity index (χ0n) is 11.5. The summed E-state index contributed by atoms with van der Waals surface area (Å²) in [4.78, 5) is 10.5. The lowest BCUT2D eigenvalue weighted by Gasteiger charge is -2.05. The normalized spacial score (nSPS) is 10.9. The van der Waals surface area contributed by atoms with Crippen molar-refractivity contribution in [2.75, 3.05) is 5.73 Å². The average Bonchev–Trinajstić information content (AvgIpc) is 2.73. The van der Waals surface area contributed by atoms with E-state index >= 15 is 0 Å². The van der Waals surface area contributed by atoms with Gasteiger partial charge in [0.05, 0.1) is 11.5 Å². The molecule has 0 unspecified atom stereocenters. The van der Waals surface area contributed by atoms with Crippen molar-refractivity contribution in [1.29, 1.82) is 0 Å². The van der Waals surface area contributed by atoms with Gasteiger partial charge in [0.1, 0.15) is 5.69 Å². The highest BCUT2D eigenvalue weighted by Crippen LogP contribution is 2.26. The summed E-state index contributed by atoms with van der Waals surface area (Å²) in [5.74, 6) is 0.0886. The number of fused-ring (bicyclic) bond motifs is 1. The van der Waals surface area contributed by atoms with E-state index in [2.05, 4.69) is 5.10 Å². The van der Waals surface area contributed by atoms with Gasteiger partial charge in [-0.3, -0.25) is 10.1 Å². The molecule has 0 aliphatic carbocycles. The molecule has 0 saturated heterocycles. The maximum Gasteiger partial charge on any atom is 0.333 e. The summed E-state index contributed by atoms with van der Waals surface area (Å²) in [7, 11) is 0. The summed E-state index contributed by atoms with van der Waals surface area (Å²) in [6.45, 7) is 2.00. The molecule has 0 bridgehead atoms. The second-order valence-electron chi connectivity index (χ2n) is 4.92.